The van der Waals surface area contributed by atoms with Crippen molar-refractivity contribution in [3.63, 3.8) is 0 Å². The molecule has 1 aliphatic rings. The molecule has 0 fully saturated rings. The Morgan fingerprint density at radius 3 is 1.77 bits per heavy atom. The van der Waals surface area contributed by atoms with E-state index in [4.69, 9.17) is 0 Å². The van der Waals surface area contributed by atoms with Crippen LogP contribution in [0.3, 0.4) is 0 Å². The van der Waals surface area contributed by atoms with Gasteiger partial charge in [-0.05, 0) is 62.7 Å². The lowest BCUT2D eigenvalue weighted by atomic mass is 9.84. The molecule has 0 aliphatic carbocycles. The van der Waals surface area contributed by atoms with Gasteiger partial charge in [0.05, 0.1) is 11.3 Å². The summed E-state index contributed by atoms with van der Waals surface area (Å²) in [6, 6.07) is 20.3. The van der Waals surface area contributed by atoms with E-state index in [-0.39, 0.29) is 23.7 Å². The minimum Gasteiger partial charge on any atom is -0.268 e. The third-order valence-electron chi connectivity index (χ3n) is 8.27. The number of carbonyl (C=O) groups excluding carboxylic acids is 2. The topological polar surface area (TPSA) is 37.4 Å². The van der Waals surface area contributed by atoms with E-state index in [9.17, 15) is 9.59 Å². The van der Waals surface area contributed by atoms with Crippen LogP contribution in [0.5, 0.6) is 0 Å². The lowest BCUT2D eigenvalue weighted by Crippen LogP contribution is -2.41. The summed E-state index contributed by atoms with van der Waals surface area (Å²) in [7, 11) is 0. The SMILES string of the molecule is CC(C)c1cccc(C(C)C)c1N1C(=O)c2ccc3c4c(Br)cc(Br)c5cccc(c6c(Br)cc(c2c36)C1=O)c54. The monoisotopic (exact) mass is 715 g/mol. The summed E-state index contributed by atoms with van der Waals surface area (Å²) in [6.07, 6.45) is 0. The second kappa shape index (κ2) is 9.10. The van der Waals surface area contributed by atoms with Crippen molar-refractivity contribution in [1.82, 2.24) is 0 Å². The van der Waals surface area contributed by atoms with Crippen LogP contribution >= 0.6 is 47.8 Å². The molecular weight excluding hydrogens is 694 g/mol. The molecule has 0 atom stereocenters. The summed E-state index contributed by atoms with van der Waals surface area (Å²) < 4.78 is 2.81. The predicted octanol–water partition coefficient (Wildman–Crippen LogP) is 11.1. The molecule has 1 heterocycles. The minimum atomic E-state index is -0.282. The number of hydrogen-bond acceptors (Lipinski definition) is 2. The van der Waals surface area contributed by atoms with Gasteiger partial charge in [0.1, 0.15) is 0 Å². The third-order valence-corrected chi connectivity index (χ3v) is 10.2. The highest BCUT2D eigenvalue weighted by molar-refractivity contribution is 9.11. The zero-order chi connectivity index (χ0) is 28.2. The van der Waals surface area contributed by atoms with Crippen molar-refractivity contribution >= 4 is 108 Å². The Hall–Kier alpha value is -2.80. The first-order chi connectivity index (χ1) is 19.1. The van der Waals surface area contributed by atoms with E-state index >= 15 is 0 Å². The van der Waals surface area contributed by atoms with Crippen LogP contribution in [0.1, 0.15) is 71.4 Å². The molecule has 6 heteroatoms. The van der Waals surface area contributed by atoms with Crippen LogP contribution in [0.25, 0.3) is 43.1 Å². The van der Waals surface area contributed by atoms with Gasteiger partial charge in [0.25, 0.3) is 11.8 Å². The van der Waals surface area contributed by atoms with Crippen molar-refractivity contribution in [3.05, 3.63) is 96.3 Å². The lowest BCUT2D eigenvalue weighted by Gasteiger charge is -2.33. The van der Waals surface area contributed by atoms with E-state index in [0.717, 1.165) is 73.3 Å². The highest BCUT2D eigenvalue weighted by atomic mass is 79.9. The molecule has 0 saturated carbocycles. The normalized spacial score (nSPS) is 13.9. The Morgan fingerprint density at radius 2 is 1.10 bits per heavy atom. The van der Waals surface area contributed by atoms with Gasteiger partial charge in [-0.2, -0.15) is 0 Å². The van der Waals surface area contributed by atoms with Crippen LogP contribution in [0.2, 0.25) is 0 Å². The Bertz CT molecular complexity index is 2070. The maximum Gasteiger partial charge on any atom is 0.266 e. The summed E-state index contributed by atoms with van der Waals surface area (Å²) in [5, 5.41) is 8.10. The maximum atomic E-state index is 14.5. The zero-order valence-corrected chi connectivity index (χ0v) is 27.1. The molecule has 6 aromatic carbocycles. The van der Waals surface area contributed by atoms with Gasteiger partial charge in [-0.3, -0.25) is 9.59 Å². The second-order valence-corrected chi connectivity index (χ2v) is 13.7. The first-order valence-electron chi connectivity index (χ1n) is 13.3. The van der Waals surface area contributed by atoms with Crippen molar-refractivity contribution in [1.29, 1.82) is 0 Å². The molecule has 3 nitrogen and oxygen atoms in total. The standard InChI is InChI=1S/C34H24Br3NO2/c1-15(2)17-7-5-8-18(16(3)4)32(17)38-33(39)22-12-11-21-29-26(37)14-24(35)19-9-6-10-20(27(19)29)30-25(36)13-23(34(38)40)28(22)31(21)30/h5-16H,1-4H3. The van der Waals surface area contributed by atoms with Crippen molar-refractivity contribution in [2.45, 2.75) is 39.5 Å². The van der Waals surface area contributed by atoms with Crippen molar-refractivity contribution in [3.8, 4) is 0 Å². The Labute approximate surface area is 257 Å². The maximum absolute atomic E-state index is 14.5. The van der Waals surface area contributed by atoms with Gasteiger partial charge < -0.3 is 0 Å². The summed E-state index contributed by atoms with van der Waals surface area (Å²) in [5.41, 5.74) is 3.81. The number of amides is 2. The molecular formula is C34H24Br3NO2. The Kier molecular flexibility index (Phi) is 5.94. The van der Waals surface area contributed by atoms with Gasteiger partial charge in [-0.15, -0.1) is 0 Å². The van der Waals surface area contributed by atoms with E-state index in [2.05, 4.69) is 99.8 Å². The number of carbonyl (C=O) groups is 2. The summed E-state index contributed by atoms with van der Waals surface area (Å²) in [4.78, 5) is 30.3. The third kappa shape index (κ3) is 3.39. The number of anilines is 1. The van der Waals surface area contributed by atoms with Gasteiger partial charge in [-0.1, -0.05) is 118 Å². The van der Waals surface area contributed by atoms with E-state index in [0.29, 0.717) is 11.1 Å². The van der Waals surface area contributed by atoms with E-state index < -0.39 is 0 Å². The van der Waals surface area contributed by atoms with Gasteiger partial charge in [-0.25, -0.2) is 4.90 Å². The number of nitrogens with zero attached hydrogens (tertiary/aromatic N) is 1. The molecule has 0 radical (unpaired) electrons. The number of halogens is 3. The van der Waals surface area contributed by atoms with E-state index in [1.54, 1.807) is 0 Å². The smallest absolute Gasteiger partial charge is 0.266 e. The summed E-state index contributed by atoms with van der Waals surface area (Å²) in [6.45, 7) is 8.41. The quantitative estimate of drug-likeness (QED) is 0.104. The molecule has 2 amide bonds. The fourth-order valence-electron chi connectivity index (χ4n) is 6.53. The molecule has 0 bridgehead atoms. The minimum absolute atomic E-state index is 0.145. The Balaban J connectivity index is 1.63. The molecule has 7 rings (SSSR count). The van der Waals surface area contributed by atoms with E-state index in [1.165, 1.54) is 4.90 Å². The predicted molar refractivity (Wildman–Crippen MR) is 177 cm³/mol. The molecule has 0 spiro atoms. The molecule has 40 heavy (non-hydrogen) atoms. The van der Waals surface area contributed by atoms with E-state index in [1.807, 2.05) is 36.4 Å². The molecule has 198 valence electrons. The number of para-hydroxylation sites is 1. The van der Waals surface area contributed by atoms with Gasteiger partial charge in [0.15, 0.2) is 0 Å². The summed E-state index contributed by atoms with van der Waals surface area (Å²) in [5.74, 6) is -0.264. The molecule has 0 saturated heterocycles. The number of fused-ring (bicyclic) bond motifs is 2. The molecule has 0 unspecified atom stereocenters. The van der Waals surface area contributed by atoms with Gasteiger partial charge >= 0.3 is 0 Å². The largest absolute Gasteiger partial charge is 0.268 e. The highest BCUT2D eigenvalue weighted by Gasteiger charge is 2.38. The van der Waals surface area contributed by atoms with Gasteiger partial charge in [0, 0.05) is 40.5 Å². The van der Waals surface area contributed by atoms with Gasteiger partial charge in [0.2, 0.25) is 0 Å². The number of imide groups is 1. The van der Waals surface area contributed by atoms with Crippen LogP contribution < -0.4 is 4.90 Å². The molecule has 1 aliphatic heterocycles. The first kappa shape index (κ1) is 26.1. The second-order valence-electron chi connectivity index (χ2n) is 11.2. The van der Waals surface area contributed by atoms with Crippen LogP contribution in [-0.4, -0.2) is 11.8 Å². The average Bonchev–Trinajstić information content (AvgIpc) is 2.92. The number of hydrogen-bond donors (Lipinski definition) is 0. The zero-order valence-electron chi connectivity index (χ0n) is 22.3. The molecule has 0 N–H and O–H groups in total. The van der Waals surface area contributed by atoms with Crippen LogP contribution in [0, 0.1) is 0 Å². The fraction of sp³-hybridized carbons (Fsp3) is 0.176. The molecule has 0 aromatic heterocycles. The first-order valence-corrected chi connectivity index (χ1v) is 15.7. The van der Waals surface area contributed by atoms with Crippen LogP contribution in [0.15, 0.2) is 74.1 Å². The highest BCUT2D eigenvalue weighted by Crippen LogP contribution is 2.50. The van der Waals surface area contributed by atoms with Crippen LogP contribution in [0.4, 0.5) is 5.69 Å². The molecule has 6 aromatic rings. The Morgan fingerprint density at radius 1 is 0.550 bits per heavy atom. The van der Waals surface area contributed by atoms with Crippen molar-refractivity contribution in [2.24, 2.45) is 0 Å². The fourth-order valence-corrected chi connectivity index (χ4v) is 8.68. The van der Waals surface area contributed by atoms with Crippen molar-refractivity contribution in [2.75, 3.05) is 4.90 Å². The van der Waals surface area contributed by atoms with Crippen LogP contribution in [-0.2, 0) is 0 Å². The average molecular weight is 718 g/mol. The number of benzene rings is 6. The summed E-state index contributed by atoms with van der Waals surface area (Å²) >= 11 is 11.4. The number of rotatable bonds is 3. The lowest BCUT2D eigenvalue weighted by molar-refractivity contribution is 0.0893. The van der Waals surface area contributed by atoms with Crippen molar-refractivity contribution < 1.29 is 9.59 Å².